The van der Waals surface area contributed by atoms with E-state index >= 15 is 0 Å². The van der Waals surface area contributed by atoms with Crippen LogP contribution < -0.4 is 4.90 Å². The Morgan fingerprint density at radius 2 is 1.93 bits per heavy atom. The van der Waals surface area contributed by atoms with Gasteiger partial charge in [-0.2, -0.15) is 22.7 Å². The molecule has 8 nitrogen and oxygen atoms in total. The van der Waals surface area contributed by atoms with E-state index in [0.717, 1.165) is 5.56 Å². The van der Waals surface area contributed by atoms with Gasteiger partial charge >= 0.3 is 6.18 Å². The zero-order chi connectivity index (χ0) is 20.1. The van der Waals surface area contributed by atoms with Crippen molar-refractivity contribution in [2.45, 2.75) is 38.9 Å². The molecule has 11 heteroatoms. The van der Waals surface area contributed by atoms with Gasteiger partial charge in [0.15, 0.2) is 17.3 Å². The summed E-state index contributed by atoms with van der Waals surface area (Å²) in [5.74, 6) is 1.67. The SMILES string of the molecule is Cc1cnc(C)n2nc(/C=C/c3nc(N4CCC[C@@H]4C(F)(F)F)nn3C)nc12. The molecule has 1 aliphatic heterocycles. The molecular weight excluding hydrogens is 373 g/mol. The normalized spacial score (nSPS) is 18.1. The Hall–Kier alpha value is -2.98. The van der Waals surface area contributed by atoms with Gasteiger partial charge in [-0.15, -0.1) is 10.2 Å². The molecule has 1 saturated heterocycles. The van der Waals surface area contributed by atoms with Crippen LogP contribution >= 0.6 is 0 Å². The number of hydrogen-bond donors (Lipinski definition) is 0. The zero-order valence-corrected chi connectivity index (χ0v) is 15.6. The number of rotatable bonds is 3. The van der Waals surface area contributed by atoms with Crippen molar-refractivity contribution in [2.24, 2.45) is 7.05 Å². The molecule has 1 aliphatic rings. The van der Waals surface area contributed by atoms with E-state index < -0.39 is 12.2 Å². The van der Waals surface area contributed by atoms with E-state index in [0.29, 0.717) is 29.5 Å². The van der Waals surface area contributed by atoms with Crippen LogP contribution in [-0.2, 0) is 7.05 Å². The molecule has 1 fully saturated rings. The summed E-state index contributed by atoms with van der Waals surface area (Å²) in [4.78, 5) is 14.2. The predicted octanol–water partition coefficient (Wildman–Crippen LogP) is 2.57. The van der Waals surface area contributed by atoms with Gasteiger partial charge in [0.1, 0.15) is 11.9 Å². The van der Waals surface area contributed by atoms with E-state index in [-0.39, 0.29) is 18.9 Å². The van der Waals surface area contributed by atoms with Gasteiger partial charge < -0.3 is 4.90 Å². The van der Waals surface area contributed by atoms with Gasteiger partial charge in [-0.25, -0.2) is 14.6 Å². The average Bonchev–Trinajstić information content (AvgIpc) is 3.33. The third-order valence-corrected chi connectivity index (χ3v) is 4.78. The minimum atomic E-state index is -4.30. The molecule has 0 bridgehead atoms. The summed E-state index contributed by atoms with van der Waals surface area (Å²) >= 11 is 0. The zero-order valence-electron chi connectivity index (χ0n) is 15.6. The van der Waals surface area contributed by atoms with Gasteiger partial charge in [0.2, 0.25) is 5.95 Å². The third-order valence-electron chi connectivity index (χ3n) is 4.78. The fourth-order valence-electron chi connectivity index (χ4n) is 3.33. The van der Waals surface area contributed by atoms with E-state index in [1.807, 2.05) is 13.8 Å². The molecule has 0 radical (unpaired) electrons. The van der Waals surface area contributed by atoms with Crippen LogP contribution in [0.5, 0.6) is 0 Å². The highest BCUT2D eigenvalue weighted by molar-refractivity contribution is 5.65. The second kappa shape index (κ2) is 6.57. The first-order valence-corrected chi connectivity index (χ1v) is 8.85. The number of nitrogens with zero attached hydrogens (tertiary/aromatic N) is 8. The van der Waals surface area contributed by atoms with E-state index in [4.69, 9.17) is 0 Å². The number of alkyl halides is 3. The number of anilines is 1. The van der Waals surface area contributed by atoms with Crippen LogP contribution in [0.2, 0.25) is 0 Å². The first kappa shape index (κ1) is 18.4. The number of hydrogen-bond acceptors (Lipinski definition) is 6. The van der Waals surface area contributed by atoms with Gasteiger partial charge in [-0.3, -0.25) is 0 Å². The molecule has 28 heavy (non-hydrogen) atoms. The van der Waals surface area contributed by atoms with Crippen molar-refractivity contribution in [3.8, 4) is 0 Å². The molecule has 0 unspecified atom stereocenters. The standard InChI is InChI=1S/C17H19F3N8/c1-10-9-21-11(2)28-15(10)22-13(24-28)6-7-14-23-16(25-26(14)3)27-8-4-5-12(27)17(18,19)20/h6-7,9,12H,4-5,8H2,1-3H3/b7-6+/t12-/m1/s1. The molecule has 0 spiro atoms. The Kier molecular flexibility index (Phi) is 4.31. The fraction of sp³-hybridized carbons (Fsp3) is 0.471. The Labute approximate surface area is 158 Å². The highest BCUT2D eigenvalue weighted by Crippen LogP contribution is 2.34. The smallest absolute Gasteiger partial charge is 0.327 e. The van der Waals surface area contributed by atoms with Crippen molar-refractivity contribution in [3.05, 3.63) is 29.2 Å². The number of halogens is 3. The van der Waals surface area contributed by atoms with E-state index in [1.54, 1.807) is 29.9 Å². The Balaban J connectivity index is 1.61. The van der Waals surface area contributed by atoms with Crippen molar-refractivity contribution < 1.29 is 13.2 Å². The number of fused-ring (bicyclic) bond motifs is 1. The molecule has 0 N–H and O–H groups in total. The first-order chi connectivity index (χ1) is 13.2. The van der Waals surface area contributed by atoms with Gasteiger partial charge in [0.05, 0.1) is 0 Å². The van der Waals surface area contributed by atoms with E-state index in [9.17, 15) is 13.2 Å². The van der Waals surface area contributed by atoms with Gasteiger partial charge in [0.25, 0.3) is 0 Å². The summed E-state index contributed by atoms with van der Waals surface area (Å²) in [6.45, 7) is 4.01. The first-order valence-electron chi connectivity index (χ1n) is 8.85. The summed E-state index contributed by atoms with van der Waals surface area (Å²) < 4.78 is 42.7. The molecule has 3 aromatic rings. The van der Waals surface area contributed by atoms with E-state index in [1.165, 1.54) is 9.58 Å². The minimum absolute atomic E-state index is 0.0603. The summed E-state index contributed by atoms with van der Waals surface area (Å²) in [6, 6.07) is -1.54. The summed E-state index contributed by atoms with van der Waals surface area (Å²) in [5.41, 5.74) is 1.60. The number of aromatic nitrogens is 7. The third kappa shape index (κ3) is 3.20. The lowest BCUT2D eigenvalue weighted by atomic mass is 10.2. The van der Waals surface area contributed by atoms with Crippen LogP contribution in [0.15, 0.2) is 6.20 Å². The molecule has 0 amide bonds. The summed E-state index contributed by atoms with van der Waals surface area (Å²) in [5, 5.41) is 8.55. The lowest BCUT2D eigenvalue weighted by Gasteiger charge is -2.25. The van der Waals surface area contributed by atoms with Gasteiger partial charge in [-0.05, 0) is 38.8 Å². The summed E-state index contributed by atoms with van der Waals surface area (Å²) in [7, 11) is 1.64. The van der Waals surface area contributed by atoms with Gasteiger partial charge in [-0.1, -0.05) is 0 Å². The second-order valence-corrected chi connectivity index (χ2v) is 6.81. The van der Waals surface area contributed by atoms with Crippen molar-refractivity contribution in [1.82, 2.24) is 34.3 Å². The molecule has 148 valence electrons. The second-order valence-electron chi connectivity index (χ2n) is 6.81. The molecule has 4 rings (SSSR count). The van der Waals surface area contributed by atoms with Crippen LogP contribution in [0, 0.1) is 13.8 Å². The number of aryl methyl sites for hydroxylation is 3. The maximum Gasteiger partial charge on any atom is 0.408 e. The van der Waals surface area contributed by atoms with Crippen LogP contribution in [-0.4, -0.2) is 53.1 Å². The maximum atomic E-state index is 13.2. The lowest BCUT2D eigenvalue weighted by Crippen LogP contribution is -2.41. The Morgan fingerprint density at radius 3 is 2.64 bits per heavy atom. The van der Waals surface area contributed by atoms with Crippen molar-refractivity contribution in [2.75, 3.05) is 11.4 Å². The molecule has 1 atom stereocenters. The average molecular weight is 392 g/mol. The van der Waals surface area contributed by atoms with Crippen LogP contribution in [0.25, 0.3) is 17.8 Å². The maximum absolute atomic E-state index is 13.2. The molecule has 4 heterocycles. The predicted molar refractivity (Wildman–Crippen MR) is 96.6 cm³/mol. The van der Waals surface area contributed by atoms with Crippen LogP contribution in [0.4, 0.5) is 19.1 Å². The monoisotopic (exact) mass is 392 g/mol. The highest BCUT2D eigenvalue weighted by atomic mass is 19.4. The topological polar surface area (TPSA) is 77.0 Å². The minimum Gasteiger partial charge on any atom is -0.327 e. The largest absolute Gasteiger partial charge is 0.408 e. The Bertz CT molecular complexity index is 1010. The van der Waals surface area contributed by atoms with Crippen LogP contribution in [0.1, 0.15) is 35.9 Å². The van der Waals surface area contributed by atoms with Crippen molar-refractivity contribution in [1.29, 1.82) is 0 Å². The fourth-order valence-corrected chi connectivity index (χ4v) is 3.33. The van der Waals surface area contributed by atoms with Crippen LogP contribution in [0.3, 0.4) is 0 Å². The van der Waals surface area contributed by atoms with E-state index in [2.05, 4.69) is 25.1 Å². The van der Waals surface area contributed by atoms with Crippen molar-refractivity contribution >= 4 is 23.7 Å². The molecular formula is C17H19F3N8. The van der Waals surface area contributed by atoms with Crippen molar-refractivity contribution in [3.63, 3.8) is 0 Å². The quantitative estimate of drug-likeness (QED) is 0.682. The molecule has 0 aromatic carbocycles. The molecule has 0 saturated carbocycles. The van der Waals surface area contributed by atoms with Gasteiger partial charge in [0, 0.05) is 25.4 Å². The summed E-state index contributed by atoms with van der Waals surface area (Å²) in [6.07, 6.45) is 1.26. The highest BCUT2D eigenvalue weighted by Gasteiger charge is 2.47. The Morgan fingerprint density at radius 1 is 1.14 bits per heavy atom. The molecule has 3 aromatic heterocycles. The molecule has 0 aliphatic carbocycles. The lowest BCUT2D eigenvalue weighted by molar-refractivity contribution is -0.146.